The number of nitrogens with zero attached hydrogens (tertiary/aromatic N) is 2. The molecule has 7 heteroatoms. The zero-order chi connectivity index (χ0) is 14.5. The summed E-state index contributed by atoms with van der Waals surface area (Å²) in [6.07, 6.45) is 3.49. The van der Waals surface area contributed by atoms with Gasteiger partial charge in [0.15, 0.2) is 0 Å². The molecular weight excluding hydrogens is 327 g/mol. The van der Waals surface area contributed by atoms with Gasteiger partial charge < -0.3 is 10.6 Å². The highest BCUT2D eigenvalue weighted by atomic mass is 79.9. The maximum absolute atomic E-state index is 13.5. The Bertz CT molecular complexity index is 614. The van der Waals surface area contributed by atoms with E-state index < -0.39 is 0 Å². The Morgan fingerprint density at radius 3 is 2.80 bits per heavy atom. The van der Waals surface area contributed by atoms with Crippen LogP contribution in [0.5, 0.6) is 0 Å². The monoisotopic (exact) mass is 340 g/mol. The summed E-state index contributed by atoms with van der Waals surface area (Å²) in [5, 5.41) is 9.28. The molecule has 1 heterocycles. The SMILES string of the molecule is Cn1cc(CNC(=O)NCc2ccc(Br)cc2F)cn1. The lowest BCUT2D eigenvalue weighted by molar-refractivity contribution is 0.240. The number of halogens is 2. The molecule has 1 aromatic heterocycles. The molecule has 0 saturated carbocycles. The molecule has 0 aliphatic carbocycles. The van der Waals surface area contributed by atoms with Gasteiger partial charge in [-0.05, 0) is 12.1 Å². The van der Waals surface area contributed by atoms with Crippen LogP contribution in [-0.2, 0) is 20.1 Å². The van der Waals surface area contributed by atoms with Crippen LogP contribution in [0.4, 0.5) is 9.18 Å². The molecule has 0 radical (unpaired) electrons. The lowest BCUT2D eigenvalue weighted by Gasteiger charge is -2.07. The molecule has 0 saturated heterocycles. The lowest BCUT2D eigenvalue weighted by Crippen LogP contribution is -2.34. The Kier molecular flexibility index (Phi) is 4.73. The van der Waals surface area contributed by atoms with Crippen LogP contribution in [0.2, 0.25) is 0 Å². The van der Waals surface area contributed by atoms with E-state index in [0.29, 0.717) is 16.6 Å². The van der Waals surface area contributed by atoms with E-state index >= 15 is 0 Å². The average molecular weight is 341 g/mol. The summed E-state index contributed by atoms with van der Waals surface area (Å²) in [7, 11) is 1.81. The van der Waals surface area contributed by atoms with Gasteiger partial charge in [-0.3, -0.25) is 4.68 Å². The molecule has 0 bridgehead atoms. The quantitative estimate of drug-likeness (QED) is 0.897. The van der Waals surface area contributed by atoms with Crippen molar-refractivity contribution in [1.82, 2.24) is 20.4 Å². The number of carbonyl (C=O) groups is 1. The summed E-state index contributed by atoms with van der Waals surface area (Å²) in [6.45, 7) is 0.514. The Morgan fingerprint density at radius 2 is 2.15 bits per heavy atom. The van der Waals surface area contributed by atoms with Crippen molar-refractivity contribution < 1.29 is 9.18 Å². The average Bonchev–Trinajstić information content (AvgIpc) is 2.81. The van der Waals surface area contributed by atoms with Crippen molar-refractivity contribution in [3.63, 3.8) is 0 Å². The number of amides is 2. The van der Waals surface area contributed by atoms with Crippen LogP contribution in [0.15, 0.2) is 35.1 Å². The molecule has 20 heavy (non-hydrogen) atoms. The van der Waals surface area contributed by atoms with Crippen LogP contribution < -0.4 is 10.6 Å². The van der Waals surface area contributed by atoms with Crippen LogP contribution in [0.3, 0.4) is 0 Å². The molecule has 1 aromatic carbocycles. The number of hydrogen-bond donors (Lipinski definition) is 2. The number of nitrogens with one attached hydrogen (secondary N) is 2. The van der Waals surface area contributed by atoms with E-state index in [2.05, 4.69) is 31.7 Å². The molecular formula is C13H14BrFN4O. The number of benzene rings is 1. The predicted octanol–water partition coefficient (Wildman–Crippen LogP) is 2.32. The maximum Gasteiger partial charge on any atom is 0.315 e. The second-order valence-corrected chi connectivity index (χ2v) is 5.21. The minimum absolute atomic E-state index is 0.137. The summed E-state index contributed by atoms with van der Waals surface area (Å²) >= 11 is 3.18. The highest BCUT2D eigenvalue weighted by Gasteiger charge is 2.05. The summed E-state index contributed by atoms with van der Waals surface area (Å²) in [5.41, 5.74) is 1.34. The number of aryl methyl sites for hydroxylation is 1. The summed E-state index contributed by atoms with van der Waals surface area (Å²) in [6, 6.07) is 4.37. The molecule has 2 N–H and O–H groups in total. The van der Waals surface area contributed by atoms with Crippen molar-refractivity contribution in [2.45, 2.75) is 13.1 Å². The second kappa shape index (κ2) is 6.51. The molecule has 2 amide bonds. The number of rotatable bonds is 4. The third kappa shape index (κ3) is 4.06. The third-order valence-electron chi connectivity index (χ3n) is 2.67. The Morgan fingerprint density at radius 1 is 1.40 bits per heavy atom. The van der Waals surface area contributed by atoms with Gasteiger partial charge >= 0.3 is 6.03 Å². The molecule has 0 spiro atoms. The van der Waals surface area contributed by atoms with E-state index in [0.717, 1.165) is 5.56 Å². The van der Waals surface area contributed by atoms with Crippen molar-refractivity contribution in [2.24, 2.45) is 7.05 Å². The van der Waals surface area contributed by atoms with E-state index in [1.807, 2.05) is 6.20 Å². The lowest BCUT2D eigenvalue weighted by atomic mass is 10.2. The van der Waals surface area contributed by atoms with Gasteiger partial charge in [0, 0.05) is 41.9 Å². The van der Waals surface area contributed by atoms with Crippen LogP contribution in [0.25, 0.3) is 0 Å². The molecule has 2 rings (SSSR count). The minimum atomic E-state index is -0.355. The van der Waals surface area contributed by atoms with Crippen molar-refractivity contribution >= 4 is 22.0 Å². The first-order valence-electron chi connectivity index (χ1n) is 5.98. The van der Waals surface area contributed by atoms with Crippen molar-refractivity contribution in [3.8, 4) is 0 Å². The van der Waals surface area contributed by atoms with Crippen LogP contribution in [0.1, 0.15) is 11.1 Å². The van der Waals surface area contributed by atoms with Gasteiger partial charge in [0.1, 0.15) is 5.82 Å². The summed E-state index contributed by atoms with van der Waals surface area (Å²) in [5.74, 6) is -0.355. The first kappa shape index (κ1) is 14.5. The topological polar surface area (TPSA) is 59.0 Å². The molecule has 0 aliphatic heterocycles. The molecule has 0 aliphatic rings. The molecule has 0 atom stereocenters. The van der Waals surface area contributed by atoms with E-state index in [1.165, 1.54) is 6.07 Å². The van der Waals surface area contributed by atoms with Crippen molar-refractivity contribution in [2.75, 3.05) is 0 Å². The maximum atomic E-state index is 13.5. The Hall–Kier alpha value is -1.89. The van der Waals surface area contributed by atoms with Crippen LogP contribution >= 0.6 is 15.9 Å². The van der Waals surface area contributed by atoms with Gasteiger partial charge in [-0.1, -0.05) is 22.0 Å². The van der Waals surface area contributed by atoms with Gasteiger partial charge in [0.2, 0.25) is 0 Å². The first-order valence-corrected chi connectivity index (χ1v) is 6.77. The first-order chi connectivity index (χ1) is 9.54. The highest BCUT2D eigenvalue weighted by molar-refractivity contribution is 9.10. The number of urea groups is 1. The van der Waals surface area contributed by atoms with Crippen molar-refractivity contribution in [1.29, 1.82) is 0 Å². The fourth-order valence-corrected chi connectivity index (χ4v) is 1.98. The number of hydrogen-bond acceptors (Lipinski definition) is 2. The molecule has 5 nitrogen and oxygen atoms in total. The van der Waals surface area contributed by atoms with E-state index in [-0.39, 0.29) is 18.4 Å². The zero-order valence-electron chi connectivity index (χ0n) is 10.9. The number of carbonyl (C=O) groups excluding carboxylic acids is 1. The Labute approximate surface area is 124 Å². The molecule has 106 valence electrons. The fraction of sp³-hybridized carbons (Fsp3) is 0.231. The smallest absolute Gasteiger partial charge is 0.315 e. The van der Waals surface area contributed by atoms with Crippen LogP contribution in [-0.4, -0.2) is 15.8 Å². The fourth-order valence-electron chi connectivity index (χ4n) is 1.65. The zero-order valence-corrected chi connectivity index (χ0v) is 12.4. The molecule has 0 unspecified atom stereocenters. The summed E-state index contributed by atoms with van der Waals surface area (Å²) in [4.78, 5) is 11.6. The van der Waals surface area contributed by atoms with Gasteiger partial charge in [-0.15, -0.1) is 0 Å². The van der Waals surface area contributed by atoms with E-state index in [1.54, 1.807) is 30.1 Å². The van der Waals surface area contributed by atoms with Crippen LogP contribution in [0, 0.1) is 5.82 Å². The standard InChI is InChI=1S/C13H14BrFN4O/c1-19-8-9(6-18-19)5-16-13(20)17-7-10-2-3-11(14)4-12(10)15/h2-4,6,8H,5,7H2,1H3,(H2,16,17,20). The predicted molar refractivity (Wildman–Crippen MR) is 76.4 cm³/mol. The summed E-state index contributed by atoms with van der Waals surface area (Å²) < 4.78 is 15.9. The van der Waals surface area contributed by atoms with Gasteiger partial charge in [-0.25, -0.2) is 9.18 Å². The second-order valence-electron chi connectivity index (χ2n) is 4.29. The van der Waals surface area contributed by atoms with E-state index in [4.69, 9.17) is 0 Å². The van der Waals surface area contributed by atoms with E-state index in [9.17, 15) is 9.18 Å². The third-order valence-corrected chi connectivity index (χ3v) is 3.16. The Balaban J connectivity index is 1.80. The highest BCUT2D eigenvalue weighted by Crippen LogP contribution is 2.14. The van der Waals surface area contributed by atoms with Gasteiger partial charge in [0.05, 0.1) is 6.20 Å². The minimum Gasteiger partial charge on any atom is -0.334 e. The normalized spacial score (nSPS) is 10.3. The van der Waals surface area contributed by atoms with Gasteiger partial charge in [-0.2, -0.15) is 5.10 Å². The van der Waals surface area contributed by atoms with Crippen molar-refractivity contribution in [3.05, 3.63) is 52.0 Å². The molecule has 2 aromatic rings. The largest absolute Gasteiger partial charge is 0.334 e. The van der Waals surface area contributed by atoms with Gasteiger partial charge in [0.25, 0.3) is 0 Å². The number of aromatic nitrogens is 2. The molecule has 0 fully saturated rings.